The molecule has 0 radical (unpaired) electrons. The molecule has 0 aromatic heterocycles. The summed E-state index contributed by atoms with van der Waals surface area (Å²) in [5.41, 5.74) is 0. The third-order valence-corrected chi connectivity index (χ3v) is 11.1. The zero-order chi connectivity index (χ0) is 41.9. The largest absolute Gasteiger partial charge is 0.472 e. The third-order valence-electron chi connectivity index (χ3n) is 10.1. The maximum atomic E-state index is 12.7. The van der Waals surface area contributed by atoms with Crippen molar-refractivity contribution in [1.82, 2.24) is 0 Å². The predicted molar refractivity (Wildman–Crippen MR) is 233 cm³/mol. The Morgan fingerprint density at radius 1 is 0.632 bits per heavy atom. The number of hydrogen-bond donors (Lipinski definition) is 1. The number of likely N-dealkylation sites (N-methyl/N-ethyl adjacent to an activating group) is 1. The van der Waals surface area contributed by atoms with E-state index >= 15 is 0 Å². The average molecular weight is 827 g/mol. The van der Waals surface area contributed by atoms with Crippen LogP contribution in [0.5, 0.6) is 0 Å². The number of ether oxygens (including phenoxy) is 3. The van der Waals surface area contributed by atoms with E-state index in [0.29, 0.717) is 23.9 Å². The molecular weight excluding hydrogens is 741 g/mol. The van der Waals surface area contributed by atoms with Gasteiger partial charge in [-0.25, -0.2) is 4.57 Å². The Morgan fingerprint density at radius 3 is 1.72 bits per heavy atom. The summed E-state index contributed by atoms with van der Waals surface area (Å²) in [5, 5.41) is 0. The highest BCUT2D eigenvalue weighted by Gasteiger charge is 2.36. The van der Waals surface area contributed by atoms with Crippen molar-refractivity contribution < 1.29 is 46.8 Å². The number of unbranched alkanes of at least 4 members (excludes halogenated alkanes) is 18. The second-order valence-corrected chi connectivity index (χ2v) is 18.3. The maximum Gasteiger partial charge on any atom is 0.472 e. The minimum Gasteiger partial charge on any atom is -0.462 e. The molecule has 3 unspecified atom stereocenters. The molecule has 4 atom stereocenters. The van der Waals surface area contributed by atoms with Crippen molar-refractivity contribution in [2.24, 2.45) is 0 Å². The molecular formula is C46H85NO9P+. The topological polar surface area (TPSA) is 121 Å². The van der Waals surface area contributed by atoms with Crippen molar-refractivity contribution in [1.29, 1.82) is 0 Å². The van der Waals surface area contributed by atoms with Gasteiger partial charge in [0.2, 0.25) is 0 Å². The first-order valence-electron chi connectivity index (χ1n) is 22.8. The van der Waals surface area contributed by atoms with Crippen LogP contribution in [-0.2, 0) is 37.4 Å². The van der Waals surface area contributed by atoms with Gasteiger partial charge in [-0.05, 0) is 51.4 Å². The lowest BCUT2D eigenvalue weighted by Gasteiger charge is -2.24. The van der Waals surface area contributed by atoms with E-state index in [0.717, 1.165) is 44.9 Å². The van der Waals surface area contributed by atoms with E-state index in [1.165, 1.54) is 96.3 Å². The summed E-state index contributed by atoms with van der Waals surface area (Å²) in [6.07, 6.45) is 40.7. The summed E-state index contributed by atoms with van der Waals surface area (Å²) in [5.74, 6) is -0.868. The molecule has 1 saturated heterocycles. The number of carbonyl (C=O) groups is 2. The summed E-state index contributed by atoms with van der Waals surface area (Å²) in [7, 11) is 1.43. The van der Waals surface area contributed by atoms with Gasteiger partial charge in [0.1, 0.15) is 19.8 Å². The fourth-order valence-corrected chi connectivity index (χ4v) is 7.08. The van der Waals surface area contributed by atoms with Crippen molar-refractivity contribution in [3.8, 4) is 0 Å². The van der Waals surface area contributed by atoms with Crippen LogP contribution in [-0.4, -0.2) is 87.1 Å². The van der Waals surface area contributed by atoms with Gasteiger partial charge in [0.05, 0.1) is 40.0 Å². The maximum absolute atomic E-state index is 12.7. The number of carbonyl (C=O) groups excluding carboxylic acids is 2. The number of quaternary nitrogens is 1. The number of rotatable bonds is 40. The first kappa shape index (κ1) is 53.2. The molecule has 0 saturated carbocycles. The van der Waals surface area contributed by atoms with Crippen LogP contribution in [0.2, 0.25) is 0 Å². The van der Waals surface area contributed by atoms with Crippen LogP contribution in [0, 0.1) is 0 Å². The normalized spacial score (nSPS) is 17.4. The van der Waals surface area contributed by atoms with Gasteiger partial charge in [-0.2, -0.15) is 0 Å². The van der Waals surface area contributed by atoms with Gasteiger partial charge < -0.3 is 23.6 Å². The standard InChI is InChI=1S/C46H84NO9P/c1-6-8-10-12-14-16-17-18-19-20-21-23-25-27-32-36-45(48)52-40-42(41-54-57(50,51)53-39-38-47(3,4)5)55-46(49)37-33-29-28-31-35-44-43(56-44)34-30-26-24-22-15-13-11-9-7-2/h15,22,26,28,30-31,42-44H,6-14,16-21,23-25,27,29,32-41H2,1-5H3/p+1/b22-15-,30-26-,31-28-/t42-,43?,44?/m1/s1. The Bertz CT molecular complexity index is 1140. The summed E-state index contributed by atoms with van der Waals surface area (Å²) in [6, 6.07) is 0. The van der Waals surface area contributed by atoms with Gasteiger partial charge >= 0.3 is 19.8 Å². The quantitative estimate of drug-likeness (QED) is 0.0161. The summed E-state index contributed by atoms with van der Waals surface area (Å²) in [4.78, 5) is 35.4. The molecule has 1 N–H and O–H groups in total. The number of hydrogen-bond acceptors (Lipinski definition) is 8. The fraction of sp³-hybridized carbons (Fsp3) is 0.826. The van der Waals surface area contributed by atoms with Gasteiger partial charge in [0.15, 0.2) is 6.10 Å². The number of allylic oxidation sites excluding steroid dienone is 4. The molecule has 1 fully saturated rings. The van der Waals surface area contributed by atoms with Crippen LogP contribution in [0.15, 0.2) is 36.5 Å². The Labute approximate surface area is 348 Å². The summed E-state index contributed by atoms with van der Waals surface area (Å²) < 4.78 is 40.1. The van der Waals surface area contributed by atoms with E-state index in [1.54, 1.807) is 0 Å². The van der Waals surface area contributed by atoms with Crippen molar-refractivity contribution in [3.05, 3.63) is 36.5 Å². The molecule has 0 amide bonds. The number of phosphoric acid groups is 1. The minimum atomic E-state index is -4.39. The molecule has 0 bridgehead atoms. The van der Waals surface area contributed by atoms with Crippen LogP contribution >= 0.6 is 7.82 Å². The zero-order valence-electron chi connectivity index (χ0n) is 37.0. The highest BCUT2D eigenvalue weighted by Crippen LogP contribution is 2.43. The molecule has 1 aliphatic rings. The van der Waals surface area contributed by atoms with E-state index in [9.17, 15) is 19.0 Å². The molecule has 1 aliphatic heterocycles. The SMILES string of the molecule is CCCCC/C=C\C/C=C\CC1OC1C/C=C\CCCC(=O)O[C@H](COC(=O)CCCCCCCCCCCCCCCCC)COP(=O)(O)OCC[N+](C)(C)C. The van der Waals surface area contributed by atoms with Crippen LogP contribution in [0.25, 0.3) is 0 Å². The van der Waals surface area contributed by atoms with Crippen LogP contribution in [0.3, 0.4) is 0 Å². The summed E-state index contributed by atoms with van der Waals surface area (Å²) >= 11 is 0. The lowest BCUT2D eigenvalue weighted by Crippen LogP contribution is -2.37. The van der Waals surface area contributed by atoms with Gasteiger partial charge in [0, 0.05) is 12.8 Å². The highest BCUT2D eigenvalue weighted by molar-refractivity contribution is 7.47. The second-order valence-electron chi connectivity index (χ2n) is 16.8. The molecule has 0 spiro atoms. The highest BCUT2D eigenvalue weighted by atomic mass is 31.2. The van der Waals surface area contributed by atoms with Crippen molar-refractivity contribution in [2.45, 2.75) is 199 Å². The lowest BCUT2D eigenvalue weighted by atomic mass is 10.0. The minimum absolute atomic E-state index is 0.0190. The Kier molecular flexibility index (Phi) is 32.7. The number of epoxide rings is 1. The first-order chi connectivity index (χ1) is 27.5. The molecule has 0 aliphatic carbocycles. The molecule has 10 nitrogen and oxygen atoms in total. The van der Waals surface area contributed by atoms with Crippen molar-refractivity contribution >= 4 is 19.8 Å². The van der Waals surface area contributed by atoms with Gasteiger partial charge in [-0.1, -0.05) is 153 Å². The Balaban J connectivity index is 2.32. The average Bonchev–Trinajstić information content (AvgIpc) is 3.92. The second kappa shape index (κ2) is 35.0. The van der Waals surface area contributed by atoms with E-state index < -0.39 is 26.5 Å². The lowest BCUT2D eigenvalue weighted by molar-refractivity contribution is -0.870. The van der Waals surface area contributed by atoms with Crippen molar-refractivity contribution in [3.63, 3.8) is 0 Å². The predicted octanol–water partition coefficient (Wildman–Crippen LogP) is 11.9. The molecule has 1 rings (SSSR count). The van der Waals surface area contributed by atoms with Crippen LogP contribution in [0.1, 0.15) is 181 Å². The van der Waals surface area contributed by atoms with E-state index in [2.05, 4.69) is 50.3 Å². The fourth-order valence-electron chi connectivity index (χ4n) is 6.34. The van der Waals surface area contributed by atoms with Crippen LogP contribution in [0.4, 0.5) is 0 Å². The number of phosphoric ester groups is 1. The zero-order valence-corrected chi connectivity index (χ0v) is 37.9. The molecule has 0 aromatic carbocycles. The molecule has 0 aromatic rings. The molecule has 57 heavy (non-hydrogen) atoms. The third kappa shape index (κ3) is 35.8. The molecule has 1 heterocycles. The Hall–Kier alpha value is -1.81. The summed E-state index contributed by atoms with van der Waals surface area (Å²) in [6.45, 7) is 4.32. The van der Waals surface area contributed by atoms with E-state index in [4.69, 9.17) is 23.3 Å². The van der Waals surface area contributed by atoms with Crippen molar-refractivity contribution in [2.75, 3.05) is 47.5 Å². The van der Waals surface area contributed by atoms with E-state index in [1.807, 2.05) is 21.1 Å². The number of esters is 2. The smallest absolute Gasteiger partial charge is 0.462 e. The molecule has 332 valence electrons. The monoisotopic (exact) mass is 827 g/mol. The van der Waals surface area contributed by atoms with Crippen LogP contribution < -0.4 is 0 Å². The molecule has 11 heteroatoms. The first-order valence-corrected chi connectivity index (χ1v) is 24.3. The van der Waals surface area contributed by atoms with Gasteiger partial charge in [0.25, 0.3) is 0 Å². The Morgan fingerprint density at radius 2 is 1.12 bits per heavy atom. The van der Waals surface area contributed by atoms with Gasteiger partial charge in [-0.15, -0.1) is 0 Å². The van der Waals surface area contributed by atoms with Gasteiger partial charge in [-0.3, -0.25) is 18.6 Å². The number of nitrogens with zero attached hydrogens (tertiary/aromatic N) is 1. The van der Waals surface area contributed by atoms with E-state index in [-0.39, 0.29) is 44.2 Å².